The largest absolute Gasteiger partial charge is 0.311 e. The van der Waals surface area contributed by atoms with Gasteiger partial charge in [-0.2, -0.15) is 0 Å². The van der Waals surface area contributed by atoms with E-state index in [1.165, 1.54) is 94.8 Å². The Labute approximate surface area is 385 Å². The predicted molar refractivity (Wildman–Crippen MR) is 280 cm³/mol. The van der Waals surface area contributed by atoms with Crippen LogP contribution in [0.3, 0.4) is 0 Å². The molecule has 0 aliphatic carbocycles. The molecule has 3 heteroatoms. The van der Waals surface area contributed by atoms with Gasteiger partial charge in [0.15, 0.2) is 0 Å². The van der Waals surface area contributed by atoms with Crippen molar-refractivity contribution in [3.63, 3.8) is 0 Å². The lowest BCUT2D eigenvalue weighted by atomic mass is 9.33. The summed E-state index contributed by atoms with van der Waals surface area (Å²) in [5.41, 5.74) is 23.3. The van der Waals surface area contributed by atoms with Crippen molar-refractivity contribution in [2.45, 2.75) is 52.4 Å². The van der Waals surface area contributed by atoms with Crippen molar-refractivity contribution in [1.82, 2.24) is 0 Å². The highest BCUT2D eigenvalue weighted by Gasteiger charge is 2.45. The van der Waals surface area contributed by atoms with Crippen molar-refractivity contribution in [1.29, 1.82) is 0 Å². The Morgan fingerprint density at radius 2 is 0.646 bits per heavy atom. The predicted octanol–water partition coefficient (Wildman–Crippen LogP) is 15.0. The minimum absolute atomic E-state index is 0.0369. The van der Waals surface area contributed by atoms with Gasteiger partial charge in [-0.25, -0.2) is 0 Å². The van der Waals surface area contributed by atoms with Crippen molar-refractivity contribution < 1.29 is 0 Å². The molecule has 65 heavy (non-hydrogen) atoms. The summed E-state index contributed by atoms with van der Waals surface area (Å²) in [6.45, 7) is 14.2. The Morgan fingerprint density at radius 1 is 0.308 bits per heavy atom. The molecule has 0 amide bonds. The first kappa shape index (κ1) is 40.4. The Morgan fingerprint density at radius 3 is 1.02 bits per heavy atom. The Hall–Kier alpha value is -7.36. The minimum atomic E-state index is -0.132. The van der Waals surface area contributed by atoms with E-state index in [9.17, 15) is 0 Å². The molecule has 0 saturated heterocycles. The summed E-state index contributed by atoms with van der Waals surface area (Å²) in [5, 5.41) is 0. The van der Waals surface area contributed by atoms with Gasteiger partial charge in [0, 0.05) is 34.1 Å². The summed E-state index contributed by atoms with van der Waals surface area (Å²) in [6.07, 6.45) is 0. The first-order valence-corrected chi connectivity index (χ1v) is 23.0. The van der Waals surface area contributed by atoms with Gasteiger partial charge in [0.25, 0.3) is 6.71 Å². The summed E-state index contributed by atoms with van der Waals surface area (Å²) in [5.74, 6) is 0. The quantitative estimate of drug-likeness (QED) is 0.154. The molecule has 0 unspecified atom stereocenters. The molecular weight excluding hydrogens is 784 g/mol. The van der Waals surface area contributed by atoms with E-state index < -0.39 is 0 Å². The lowest BCUT2D eigenvalue weighted by Crippen LogP contribution is -2.61. The average molecular weight is 837 g/mol. The Bertz CT molecular complexity index is 3000. The van der Waals surface area contributed by atoms with Gasteiger partial charge in [0.2, 0.25) is 0 Å². The number of anilines is 6. The third-order valence-corrected chi connectivity index (χ3v) is 13.5. The number of fused-ring (bicyclic) bond motifs is 4. The van der Waals surface area contributed by atoms with Crippen LogP contribution >= 0.6 is 0 Å². The molecular formula is C62H53BN2. The van der Waals surface area contributed by atoms with Gasteiger partial charge in [-0.15, -0.1) is 0 Å². The first-order valence-electron chi connectivity index (χ1n) is 23.0. The molecule has 0 radical (unpaired) electrons. The monoisotopic (exact) mass is 836 g/mol. The molecule has 0 bridgehead atoms. The van der Waals surface area contributed by atoms with Crippen LogP contribution in [-0.2, 0) is 10.8 Å². The average Bonchev–Trinajstić information content (AvgIpc) is 3.33. The van der Waals surface area contributed by atoms with E-state index in [0.717, 1.165) is 11.4 Å². The van der Waals surface area contributed by atoms with E-state index in [1.54, 1.807) is 0 Å². The summed E-state index contributed by atoms with van der Waals surface area (Å²) in [7, 11) is 0. The van der Waals surface area contributed by atoms with Crippen molar-refractivity contribution in [2.24, 2.45) is 0 Å². The highest BCUT2D eigenvalue weighted by Crippen LogP contribution is 2.48. The molecule has 0 fully saturated rings. The molecule has 0 saturated carbocycles. The number of benzene rings is 9. The van der Waals surface area contributed by atoms with Gasteiger partial charge in [-0.1, -0.05) is 205 Å². The first-order chi connectivity index (χ1) is 31.5. The number of hydrogen-bond donors (Lipinski definition) is 0. The highest BCUT2D eigenvalue weighted by atomic mass is 15.2. The van der Waals surface area contributed by atoms with Gasteiger partial charge in [0.1, 0.15) is 0 Å². The van der Waals surface area contributed by atoms with E-state index in [1.807, 2.05) is 0 Å². The molecule has 2 heterocycles. The lowest BCUT2D eigenvalue weighted by molar-refractivity contribution is 0.592. The summed E-state index contributed by atoms with van der Waals surface area (Å²) in [4.78, 5) is 5.12. The van der Waals surface area contributed by atoms with Crippen molar-refractivity contribution in [2.75, 3.05) is 9.80 Å². The van der Waals surface area contributed by atoms with Crippen LogP contribution in [0.2, 0.25) is 0 Å². The Balaban J connectivity index is 1.26. The molecule has 2 aliphatic rings. The highest BCUT2D eigenvalue weighted by molar-refractivity contribution is 7.00. The van der Waals surface area contributed by atoms with Crippen LogP contribution in [0.25, 0.3) is 44.5 Å². The SMILES string of the molecule is CC(C)(C)c1cc2c(cc1-c1ccccc1)N(c1cccc(-c3ccccc3)c1)c1cccc3c1B2c1cc(C(C)(C)C)c(-c2ccccc2)cc1N3c1cccc(-c2ccccc2)c1. The topological polar surface area (TPSA) is 6.48 Å². The zero-order valence-corrected chi connectivity index (χ0v) is 38.2. The van der Waals surface area contributed by atoms with Crippen molar-refractivity contribution in [3.05, 3.63) is 223 Å². The maximum atomic E-state index is 2.58. The summed E-state index contributed by atoms with van der Waals surface area (Å²) >= 11 is 0. The van der Waals surface area contributed by atoms with Crippen LogP contribution in [0.15, 0.2) is 212 Å². The van der Waals surface area contributed by atoms with Gasteiger partial charge < -0.3 is 9.80 Å². The van der Waals surface area contributed by atoms with Crippen LogP contribution in [0, 0.1) is 0 Å². The lowest BCUT2D eigenvalue weighted by Gasteiger charge is -2.45. The fourth-order valence-electron chi connectivity index (χ4n) is 10.4. The van der Waals surface area contributed by atoms with Crippen LogP contribution in [0.5, 0.6) is 0 Å². The molecule has 9 aromatic carbocycles. The maximum Gasteiger partial charge on any atom is 0.252 e. The molecule has 2 aliphatic heterocycles. The smallest absolute Gasteiger partial charge is 0.252 e. The molecule has 2 nitrogen and oxygen atoms in total. The fraction of sp³-hybridized carbons (Fsp3) is 0.129. The van der Waals surface area contributed by atoms with Crippen LogP contribution in [0.1, 0.15) is 52.7 Å². The molecule has 0 N–H and O–H groups in total. The molecule has 0 aromatic heterocycles. The third-order valence-electron chi connectivity index (χ3n) is 13.5. The third kappa shape index (κ3) is 7.07. The van der Waals surface area contributed by atoms with E-state index in [0.29, 0.717) is 0 Å². The van der Waals surface area contributed by atoms with Crippen molar-refractivity contribution >= 4 is 57.2 Å². The molecule has 11 rings (SSSR count). The molecule has 0 spiro atoms. The molecule has 0 atom stereocenters. The zero-order chi connectivity index (χ0) is 44.5. The standard InChI is InChI=1S/C62H53BN2/c1-61(2,3)52-40-54-58(38-50(52)44-26-15-9-16-27-44)64(48-32-19-30-46(36-48)42-22-11-7-12-23-42)56-34-21-35-57-60(56)63(54)55-41-53(62(4,5)6)51(45-28-17-10-18-29-45)39-59(55)65(57)49-33-20-31-47(37-49)43-24-13-8-14-25-43/h7-41H,1-6H3. The fourth-order valence-corrected chi connectivity index (χ4v) is 10.4. The second-order valence-electron chi connectivity index (χ2n) is 19.8. The van der Waals surface area contributed by atoms with Crippen molar-refractivity contribution in [3.8, 4) is 44.5 Å². The van der Waals surface area contributed by atoms with Crippen LogP contribution < -0.4 is 26.2 Å². The van der Waals surface area contributed by atoms with Crippen LogP contribution in [0.4, 0.5) is 34.1 Å². The normalized spacial score (nSPS) is 13.0. The van der Waals surface area contributed by atoms with E-state index >= 15 is 0 Å². The summed E-state index contributed by atoms with van der Waals surface area (Å²) in [6, 6.07) is 78.9. The molecule has 9 aromatic rings. The molecule has 314 valence electrons. The van der Waals surface area contributed by atoms with E-state index in [4.69, 9.17) is 0 Å². The number of nitrogens with zero attached hydrogens (tertiary/aromatic N) is 2. The summed E-state index contributed by atoms with van der Waals surface area (Å²) < 4.78 is 0. The minimum Gasteiger partial charge on any atom is -0.311 e. The van der Waals surface area contributed by atoms with E-state index in [2.05, 4.69) is 264 Å². The van der Waals surface area contributed by atoms with Gasteiger partial charge in [-0.3, -0.25) is 0 Å². The number of hydrogen-bond acceptors (Lipinski definition) is 2. The van der Waals surface area contributed by atoms with Gasteiger partial charge >= 0.3 is 0 Å². The Kier molecular flexibility index (Phi) is 9.77. The van der Waals surface area contributed by atoms with Gasteiger partial charge in [0.05, 0.1) is 0 Å². The maximum absolute atomic E-state index is 2.58. The second-order valence-corrected chi connectivity index (χ2v) is 19.8. The second kappa shape index (κ2) is 15.7. The van der Waals surface area contributed by atoms with Gasteiger partial charge in [-0.05, 0) is 131 Å². The zero-order valence-electron chi connectivity index (χ0n) is 38.2. The van der Waals surface area contributed by atoms with Crippen LogP contribution in [-0.4, -0.2) is 6.71 Å². The van der Waals surface area contributed by atoms with E-state index in [-0.39, 0.29) is 17.5 Å². The number of rotatable bonds is 6.